The van der Waals surface area contributed by atoms with Crippen molar-refractivity contribution in [2.24, 2.45) is 0 Å². The molecule has 0 bridgehead atoms. The molecule has 0 N–H and O–H groups in total. The molecule has 0 saturated carbocycles. The number of amides is 1. The largest absolute Gasteiger partial charge is 0.493 e. The molecule has 0 unspecified atom stereocenters. The topological polar surface area (TPSA) is 38.8 Å². The molecular weight excluding hydrogens is 333 g/mol. The molecule has 0 atom stereocenters. The second-order valence-electron chi connectivity index (χ2n) is 5.56. The Balaban J connectivity index is 1.92. The van der Waals surface area contributed by atoms with Gasteiger partial charge in [-0.25, -0.2) is 4.39 Å². The Morgan fingerprint density at radius 1 is 1.21 bits per heavy atom. The summed E-state index contributed by atoms with van der Waals surface area (Å²) in [6.07, 6.45) is 0.719. The van der Waals surface area contributed by atoms with Crippen molar-refractivity contribution < 1.29 is 18.7 Å². The van der Waals surface area contributed by atoms with Crippen molar-refractivity contribution in [1.29, 1.82) is 0 Å². The molecule has 0 fully saturated rings. The van der Waals surface area contributed by atoms with Crippen molar-refractivity contribution in [1.82, 2.24) is 4.90 Å². The smallest absolute Gasteiger partial charge is 0.258 e. The van der Waals surface area contributed by atoms with Gasteiger partial charge in [0.05, 0.1) is 24.8 Å². The molecule has 1 aliphatic heterocycles. The van der Waals surface area contributed by atoms with E-state index >= 15 is 0 Å². The zero-order valence-corrected chi connectivity index (χ0v) is 14.2. The molecule has 1 amide bonds. The third kappa shape index (κ3) is 2.91. The SMILES string of the molecule is COc1ccc2c(c1OC)C(=O)N(Cc1ccc(F)c(Cl)c1)CC2. The van der Waals surface area contributed by atoms with E-state index in [-0.39, 0.29) is 10.9 Å². The predicted octanol–water partition coefficient (Wildman–Crippen LogP) is 3.69. The van der Waals surface area contributed by atoms with Crippen LogP contribution in [0.15, 0.2) is 30.3 Å². The van der Waals surface area contributed by atoms with Crippen LogP contribution in [-0.2, 0) is 13.0 Å². The van der Waals surface area contributed by atoms with E-state index in [1.807, 2.05) is 6.07 Å². The fraction of sp³-hybridized carbons (Fsp3) is 0.278. The van der Waals surface area contributed by atoms with Gasteiger partial charge in [0.15, 0.2) is 11.5 Å². The maximum atomic E-state index is 13.3. The minimum Gasteiger partial charge on any atom is -0.493 e. The summed E-state index contributed by atoms with van der Waals surface area (Å²) < 4.78 is 24.0. The fourth-order valence-corrected chi connectivity index (χ4v) is 3.14. The molecule has 1 aliphatic rings. The van der Waals surface area contributed by atoms with E-state index < -0.39 is 5.82 Å². The van der Waals surface area contributed by atoms with Gasteiger partial charge in [0.2, 0.25) is 0 Å². The highest BCUT2D eigenvalue weighted by Gasteiger charge is 2.29. The summed E-state index contributed by atoms with van der Waals surface area (Å²) in [6.45, 7) is 0.939. The van der Waals surface area contributed by atoms with Gasteiger partial charge in [-0.1, -0.05) is 23.7 Å². The van der Waals surface area contributed by atoms with Crippen LogP contribution < -0.4 is 9.47 Å². The Bertz CT molecular complexity index is 794. The third-order valence-electron chi connectivity index (χ3n) is 4.14. The van der Waals surface area contributed by atoms with Gasteiger partial charge in [-0.15, -0.1) is 0 Å². The van der Waals surface area contributed by atoms with Crippen LogP contribution in [-0.4, -0.2) is 31.6 Å². The zero-order chi connectivity index (χ0) is 17.3. The molecule has 2 aromatic carbocycles. The quantitative estimate of drug-likeness (QED) is 0.845. The first-order valence-electron chi connectivity index (χ1n) is 7.52. The number of ether oxygens (including phenoxy) is 2. The second-order valence-corrected chi connectivity index (χ2v) is 5.97. The molecule has 6 heteroatoms. The Morgan fingerprint density at radius 2 is 2.00 bits per heavy atom. The molecule has 1 heterocycles. The van der Waals surface area contributed by atoms with E-state index in [1.165, 1.54) is 20.3 Å². The number of carbonyl (C=O) groups is 1. The van der Waals surface area contributed by atoms with Gasteiger partial charge in [0.25, 0.3) is 5.91 Å². The predicted molar refractivity (Wildman–Crippen MR) is 89.4 cm³/mol. The molecule has 126 valence electrons. The number of carbonyl (C=O) groups excluding carboxylic acids is 1. The molecule has 4 nitrogen and oxygen atoms in total. The van der Waals surface area contributed by atoms with Crippen molar-refractivity contribution in [3.8, 4) is 11.5 Å². The second kappa shape index (κ2) is 6.69. The first-order chi connectivity index (χ1) is 11.5. The summed E-state index contributed by atoms with van der Waals surface area (Å²) in [4.78, 5) is 14.6. The van der Waals surface area contributed by atoms with E-state index in [1.54, 1.807) is 23.1 Å². The number of halogens is 2. The summed E-state index contributed by atoms with van der Waals surface area (Å²) in [7, 11) is 3.06. The summed E-state index contributed by atoms with van der Waals surface area (Å²) in [6, 6.07) is 8.18. The van der Waals surface area contributed by atoms with E-state index in [9.17, 15) is 9.18 Å². The third-order valence-corrected chi connectivity index (χ3v) is 4.43. The van der Waals surface area contributed by atoms with E-state index in [2.05, 4.69) is 0 Å². The highest BCUT2D eigenvalue weighted by atomic mass is 35.5. The van der Waals surface area contributed by atoms with Gasteiger partial charge in [0, 0.05) is 13.1 Å². The lowest BCUT2D eigenvalue weighted by Gasteiger charge is -2.30. The number of nitrogens with zero attached hydrogens (tertiary/aromatic N) is 1. The maximum Gasteiger partial charge on any atom is 0.258 e. The van der Waals surface area contributed by atoms with Crippen LogP contribution >= 0.6 is 11.6 Å². The van der Waals surface area contributed by atoms with Crippen LogP contribution in [0.5, 0.6) is 11.5 Å². The Labute approximate surface area is 144 Å². The maximum absolute atomic E-state index is 13.3. The lowest BCUT2D eigenvalue weighted by Crippen LogP contribution is -2.37. The van der Waals surface area contributed by atoms with Crippen molar-refractivity contribution >= 4 is 17.5 Å². The molecule has 0 saturated heterocycles. The van der Waals surface area contributed by atoms with Crippen molar-refractivity contribution in [3.63, 3.8) is 0 Å². The monoisotopic (exact) mass is 349 g/mol. The lowest BCUT2D eigenvalue weighted by atomic mass is 9.97. The normalized spacial score (nSPS) is 13.7. The van der Waals surface area contributed by atoms with Crippen LogP contribution in [0.3, 0.4) is 0 Å². The number of rotatable bonds is 4. The van der Waals surface area contributed by atoms with Gasteiger partial charge in [-0.2, -0.15) is 0 Å². The van der Waals surface area contributed by atoms with Crippen LogP contribution in [0.1, 0.15) is 21.5 Å². The molecule has 3 rings (SSSR count). The number of fused-ring (bicyclic) bond motifs is 1. The molecule has 0 spiro atoms. The van der Waals surface area contributed by atoms with Crippen molar-refractivity contribution in [3.05, 3.63) is 57.9 Å². The van der Waals surface area contributed by atoms with Gasteiger partial charge < -0.3 is 14.4 Å². The van der Waals surface area contributed by atoms with E-state index in [4.69, 9.17) is 21.1 Å². The minimum absolute atomic E-state index is 0.0524. The molecule has 0 aliphatic carbocycles. The summed E-state index contributed by atoms with van der Waals surface area (Å²) in [5.74, 6) is 0.368. The van der Waals surface area contributed by atoms with Gasteiger partial charge >= 0.3 is 0 Å². The zero-order valence-electron chi connectivity index (χ0n) is 13.4. The van der Waals surface area contributed by atoms with Crippen LogP contribution in [0.4, 0.5) is 4.39 Å². The van der Waals surface area contributed by atoms with Crippen molar-refractivity contribution in [2.75, 3.05) is 20.8 Å². The first-order valence-corrected chi connectivity index (χ1v) is 7.90. The van der Waals surface area contributed by atoms with E-state index in [0.717, 1.165) is 17.5 Å². The number of hydrogen-bond donors (Lipinski definition) is 0. The number of hydrogen-bond acceptors (Lipinski definition) is 3. The van der Waals surface area contributed by atoms with E-state index in [0.29, 0.717) is 30.2 Å². The van der Waals surface area contributed by atoms with Crippen LogP contribution in [0.2, 0.25) is 5.02 Å². The molecule has 24 heavy (non-hydrogen) atoms. The Hall–Kier alpha value is -2.27. The summed E-state index contributed by atoms with van der Waals surface area (Å²) in [5, 5.41) is 0.0524. The first kappa shape index (κ1) is 16.6. The van der Waals surface area contributed by atoms with Crippen molar-refractivity contribution in [2.45, 2.75) is 13.0 Å². The number of benzene rings is 2. The van der Waals surface area contributed by atoms with Gasteiger partial charge in [-0.05, 0) is 35.7 Å². The van der Waals surface area contributed by atoms with Gasteiger partial charge in [0.1, 0.15) is 5.82 Å². The average molecular weight is 350 g/mol. The number of methoxy groups -OCH3 is 2. The molecule has 2 aromatic rings. The van der Waals surface area contributed by atoms with Crippen LogP contribution in [0.25, 0.3) is 0 Å². The molecule has 0 radical (unpaired) electrons. The molecule has 0 aromatic heterocycles. The summed E-state index contributed by atoms with van der Waals surface area (Å²) >= 11 is 5.82. The minimum atomic E-state index is -0.470. The summed E-state index contributed by atoms with van der Waals surface area (Å²) in [5.41, 5.74) is 2.24. The van der Waals surface area contributed by atoms with Gasteiger partial charge in [-0.3, -0.25) is 4.79 Å². The standard InChI is InChI=1S/C18H17ClFNO3/c1-23-15-6-4-12-7-8-21(18(22)16(12)17(15)24-2)10-11-3-5-14(20)13(19)9-11/h3-6,9H,7-8,10H2,1-2H3. The average Bonchev–Trinajstić information content (AvgIpc) is 2.59. The lowest BCUT2D eigenvalue weighted by molar-refractivity contribution is 0.0722. The Kier molecular flexibility index (Phi) is 4.62. The fourth-order valence-electron chi connectivity index (χ4n) is 2.93. The molecular formula is C18H17ClFNO3. The highest BCUT2D eigenvalue weighted by molar-refractivity contribution is 6.30. The van der Waals surface area contributed by atoms with Crippen LogP contribution in [0, 0.1) is 5.82 Å². The highest BCUT2D eigenvalue weighted by Crippen LogP contribution is 2.36. The Morgan fingerprint density at radius 3 is 2.67 bits per heavy atom.